The van der Waals surface area contributed by atoms with Crippen molar-refractivity contribution in [1.29, 1.82) is 0 Å². The SMILES string of the molecule is COc1ccc(-c2nn(-c3ccccc3)cc2CNS(=O)(=O)c2ccc(Cl)cc2)cc1. The minimum Gasteiger partial charge on any atom is -0.497 e. The van der Waals surface area contributed by atoms with E-state index in [0.29, 0.717) is 10.7 Å². The van der Waals surface area contributed by atoms with Crippen molar-refractivity contribution in [2.45, 2.75) is 11.4 Å². The van der Waals surface area contributed by atoms with Gasteiger partial charge in [-0.15, -0.1) is 0 Å². The molecule has 0 bridgehead atoms. The number of hydrogen-bond donors (Lipinski definition) is 1. The third kappa shape index (κ3) is 4.80. The molecule has 0 spiro atoms. The average Bonchev–Trinajstić information content (AvgIpc) is 3.23. The first kappa shape index (κ1) is 21.1. The van der Waals surface area contributed by atoms with Crippen LogP contribution in [0.4, 0.5) is 0 Å². The maximum atomic E-state index is 12.7. The van der Waals surface area contributed by atoms with Gasteiger partial charge in [0.15, 0.2) is 0 Å². The Morgan fingerprint density at radius 3 is 2.29 bits per heavy atom. The van der Waals surface area contributed by atoms with Gasteiger partial charge in [-0.25, -0.2) is 17.8 Å². The fourth-order valence-corrected chi connectivity index (χ4v) is 4.25. The number of para-hydroxylation sites is 1. The second kappa shape index (κ2) is 8.93. The lowest BCUT2D eigenvalue weighted by molar-refractivity contribution is 0.415. The van der Waals surface area contributed by atoms with Crippen LogP contribution in [0.1, 0.15) is 5.56 Å². The highest BCUT2D eigenvalue weighted by Gasteiger charge is 2.18. The molecule has 0 radical (unpaired) electrons. The predicted octanol–water partition coefficient (Wildman–Crippen LogP) is 4.68. The van der Waals surface area contributed by atoms with Crippen molar-refractivity contribution in [3.05, 3.63) is 95.6 Å². The van der Waals surface area contributed by atoms with E-state index in [1.165, 1.54) is 12.1 Å². The first-order chi connectivity index (χ1) is 15.0. The summed E-state index contributed by atoms with van der Waals surface area (Å²) in [4.78, 5) is 0.151. The van der Waals surface area contributed by atoms with Crippen LogP contribution in [0.2, 0.25) is 5.02 Å². The first-order valence-electron chi connectivity index (χ1n) is 9.50. The molecule has 0 amide bonds. The van der Waals surface area contributed by atoms with E-state index in [1.54, 1.807) is 23.9 Å². The van der Waals surface area contributed by atoms with Crippen LogP contribution in [0, 0.1) is 0 Å². The van der Waals surface area contributed by atoms with Crippen molar-refractivity contribution in [1.82, 2.24) is 14.5 Å². The van der Waals surface area contributed by atoms with Gasteiger partial charge in [-0.1, -0.05) is 29.8 Å². The van der Waals surface area contributed by atoms with Gasteiger partial charge in [0.05, 0.1) is 23.4 Å². The summed E-state index contributed by atoms with van der Waals surface area (Å²) in [5, 5.41) is 5.19. The summed E-state index contributed by atoms with van der Waals surface area (Å²) in [5.41, 5.74) is 3.16. The van der Waals surface area contributed by atoms with Gasteiger partial charge in [0.1, 0.15) is 5.75 Å². The Labute approximate surface area is 186 Å². The van der Waals surface area contributed by atoms with E-state index in [1.807, 2.05) is 60.8 Å². The van der Waals surface area contributed by atoms with Crippen LogP contribution in [0.15, 0.2) is 90.0 Å². The topological polar surface area (TPSA) is 73.2 Å². The number of ether oxygens (including phenoxy) is 1. The summed E-state index contributed by atoms with van der Waals surface area (Å²) < 4.78 is 35.1. The second-order valence-corrected chi connectivity index (χ2v) is 8.99. The molecule has 8 heteroatoms. The van der Waals surface area contributed by atoms with Gasteiger partial charge in [0.25, 0.3) is 0 Å². The van der Waals surface area contributed by atoms with E-state index in [2.05, 4.69) is 4.72 Å². The van der Waals surface area contributed by atoms with Gasteiger partial charge in [-0.3, -0.25) is 0 Å². The van der Waals surface area contributed by atoms with Crippen LogP contribution in [0.25, 0.3) is 16.9 Å². The molecular weight excluding hydrogens is 434 g/mol. The molecule has 1 N–H and O–H groups in total. The molecule has 0 aliphatic carbocycles. The molecule has 31 heavy (non-hydrogen) atoms. The van der Waals surface area contributed by atoms with E-state index in [-0.39, 0.29) is 11.4 Å². The highest BCUT2D eigenvalue weighted by molar-refractivity contribution is 7.89. The molecular formula is C23H20ClN3O3S. The van der Waals surface area contributed by atoms with E-state index in [4.69, 9.17) is 21.4 Å². The number of benzene rings is 3. The fraction of sp³-hybridized carbons (Fsp3) is 0.0870. The normalized spacial score (nSPS) is 11.4. The van der Waals surface area contributed by atoms with Gasteiger partial charge < -0.3 is 4.74 Å². The molecule has 0 fully saturated rings. The zero-order valence-corrected chi connectivity index (χ0v) is 18.3. The zero-order chi connectivity index (χ0) is 21.8. The smallest absolute Gasteiger partial charge is 0.240 e. The van der Waals surface area contributed by atoms with Gasteiger partial charge in [0, 0.05) is 28.9 Å². The van der Waals surface area contributed by atoms with Crippen LogP contribution < -0.4 is 9.46 Å². The minimum absolute atomic E-state index is 0.0825. The molecule has 0 unspecified atom stereocenters. The molecule has 1 heterocycles. The van der Waals surface area contributed by atoms with Crippen LogP contribution >= 0.6 is 11.6 Å². The number of nitrogens with zero attached hydrogens (tertiary/aromatic N) is 2. The van der Waals surface area contributed by atoms with Crippen molar-refractivity contribution in [2.75, 3.05) is 7.11 Å². The molecule has 6 nitrogen and oxygen atoms in total. The summed E-state index contributed by atoms with van der Waals surface area (Å²) >= 11 is 5.87. The fourth-order valence-electron chi connectivity index (χ4n) is 3.11. The third-order valence-electron chi connectivity index (χ3n) is 4.75. The monoisotopic (exact) mass is 453 g/mol. The molecule has 1 aromatic heterocycles. The lowest BCUT2D eigenvalue weighted by Gasteiger charge is -2.07. The van der Waals surface area contributed by atoms with E-state index in [9.17, 15) is 8.42 Å². The second-order valence-electron chi connectivity index (χ2n) is 6.79. The van der Waals surface area contributed by atoms with Crippen molar-refractivity contribution >= 4 is 21.6 Å². The predicted molar refractivity (Wildman–Crippen MR) is 121 cm³/mol. The quantitative estimate of drug-likeness (QED) is 0.441. The molecule has 0 aliphatic rings. The molecule has 0 saturated carbocycles. The number of sulfonamides is 1. The number of halogens is 1. The average molecular weight is 454 g/mol. The zero-order valence-electron chi connectivity index (χ0n) is 16.7. The lowest BCUT2D eigenvalue weighted by Crippen LogP contribution is -2.23. The van der Waals surface area contributed by atoms with Crippen molar-refractivity contribution < 1.29 is 13.2 Å². The number of hydrogen-bond acceptors (Lipinski definition) is 4. The molecule has 158 valence electrons. The third-order valence-corrected chi connectivity index (χ3v) is 6.42. The van der Waals surface area contributed by atoms with E-state index in [0.717, 1.165) is 22.6 Å². The Bertz CT molecular complexity index is 1270. The summed E-state index contributed by atoms with van der Waals surface area (Å²) in [7, 11) is -2.10. The molecule has 0 atom stereocenters. The molecule has 4 rings (SSSR count). The molecule has 3 aromatic carbocycles. The Kier molecular flexibility index (Phi) is 6.08. The van der Waals surface area contributed by atoms with E-state index < -0.39 is 10.0 Å². The minimum atomic E-state index is -3.71. The number of nitrogens with one attached hydrogen (secondary N) is 1. The van der Waals surface area contributed by atoms with Crippen molar-refractivity contribution in [3.63, 3.8) is 0 Å². The summed E-state index contributed by atoms with van der Waals surface area (Å²) in [6.45, 7) is 0.0825. The van der Waals surface area contributed by atoms with Crippen molar-refractivity contribution in [3.8, 4) is 22.7 Å². The standard InChI is InChI=1S/C23H20ClN3O3S/c1-30-21-11-7-17(8-12-21)23-18(16-27(26-23)20-5-3-2-4-6-20)15-25-31(28,29)22-13-9-19(24)10-14-22/h2-14,16,25H,15H2,1H3. The highest BCUT2D eigenvalue weighted by atomic mass is 35.5. The van der Waals surface area contributed by atoms with Gasteiger partial charge in [-0.05, 0) is 60.7 Å². The number of rotatable bonds is 7. The number of methoxy groups -OCH3 is 1. The lowest BCUT2D eigenvalue weighted by atomic mass is 10.1. The van der Waals surface area contributed by atoms with E-state index >= 15 is 0 Å². The Hall–Kier alpha value is -3.13. The van der Waals surface area contributed by atoms with Crippen LogP contribution in [0.3, 0.4) is 0 Å². The van der Waals surface area contributed by atoms with Gasteiger partial charge in [-0.2, -0.15) is 5.10 Å². The maximum absolute atomic E-state index is 12.7. The Morgan fingerprint density at radius 2 is 1.65 bits per heavy atom. The molecule has 4 aromatic rings. The summed E-state index contributed by atoms with van der Waals surface area (Å²) in [6.07, 6.45) is 1.83. The maximum Gasteiger partial charge on any atom is 0.240 e. The van der Waals surface area contributed by atoms with Gasteiger partial charge in [0.2, 0.25) is 10.0 Å². The molecule has 0 saturated heterocycles. The van der Waals surface area contributed by atoms with Crippen LogP contribution in [-0.4, -0.2) is 25.3 Å². The highest BCUT2D eigenvalue weighted by Crippen LogP contribution is 2.26. The number of aromatic nitrogens is 2. The van der Waals surface area contributed by atoms with Crippen LogP contribution in [0.5, 0.6) is 5.75 Å². The van der Waals surface area contributed by atoms with Gasteiger partial charge >= 0.3 is 0 Å². The largest absolute Gasteiger partial charge is 0.497 e. The van der Waals surface area contributed by atoms with Crippen molar-refractivity contribution in [2.24, 2.45) is 0 Å². The summed E-state index contributed by atoms with van der Waals surface area (Å²) in [6, 6.07) is 23.2. The van der Waals surface area contributed by atoms with Crippen LogP contribution in [-0.2, 0) is 16.6 Å². The Morgan fingerprint density at radius 1 is 0.968 bits per heavy atom. The Balaban J connectivity index is 1.68. The first-order valence-corrected chi connectivity index (χ1v) is 11.4. The summed E-state index contributed by atoms with van der Waals surface area (Å²) in [5.74, 6) is 0.733. The molecule has 0 aliphatic heterocycles.